The lowest BCUT2D eigenvalue weighted by Crippen LogP contribution is -2.28. The molecule has 1 N–H and O–H groups in total. The van der Waals surface area contributed by atoms with Crippen molar-refractivity contribution in [2.24, 2.45) is 0 Å². The zero-order chi connectivity index (χ0) is 9.90. The van der Waals surface area contributed by atoms with Crippen molar-refractivity contribution in [2.75, 3.05) is 13.6 Å². The van der Waals surface area contributed by atoms with Crippen molar-refractivity contribution in [3.05, 3.63) is 29.0 Å². The van der Waals surface area contributed by atoms with Gasteiger partial charge in [0, 0.05) is 11.2 Å². The summed E-state index contributed by atoms with van der Waals surface area (Å²) in [4.78, 5) is 3.56. The van der Waals surface area contributed by atoms with Crippen LogP contribution in [0.3, 0.4) is 0 Å². The third-order valence-electron chi connectivity index (χ3n) is 1.50. The molecule has 0 saturated heterocycles. The van der Waals surface area contributed by atoms with Crippen molar-refractivity contribution in [1.29, 1.82) is 0 Å². The van der Waals surface area contributed by atoms with E-state index in [1.165, 1.54) is 25.4 Å². The average molecular weight is 207 g/mol. The first-order valence-corrected chi connectivity index (χ1v) is 4.08. The van der Waals surface area contributed by atoms with Gasteiger partial charge in [0.15, 0.2) is 0 Å². The maximum Gasteiger partial charge on any atom is 0.301 e. The molecule has 0 atom stereocenters. The molecular formula is C8H9ClF2N2. The highest BCUT2D eigenvalue weighted by atomic mass is 35.5. The van der Waals surface area contributed by atoms with E-state index in [1.54, 1.807) is 0 Å². The van der Waals surface area contributed by atoms with Crippen LogP contribution in [-0.2, 0) is 5.92 Å². The van der Waals surface area contributed by atoms with Gasteiger partial charge < -0.3 is 5.32 Å². The highest BCUT2D eigenvalue weighted by Gasteiger charge is 2.32. The molecule has 0 saturated carbocycles. The molecule has 5 heteroatoms. The van der Waals surface area contributed by atoms with Crippen molar-refractivity contribution in [3.63, 3.8) is 0 Å². The quantitative estimate of drug-likeness (QED) is 0.819. The van der Waals surface area contributed by atoms with Crippen LogP contribution in [0.5, 0.6) is 0 Å². The predicted octanol–water partition coefficient (Wildman–Crippen LogP) is 2.05. The van der Waals surface area contributed by atoms with Crippen LogP contribution >= 0.6 is 11.6 Å². The summed E-state index contributed by atoms with van der Waals surface area (Å²) in [6, 6.07) is 2.62. The first-order valence-electron chi connectivity index (χ1n) is 3.71. The van der Waals surface area contributed by atoms with Crippen LogP contribution in [0, 0.1) is 0 Å². The first kappa shape index (κ1) is 10.3. The molecule has 0 aliphatic carbocycles. The normalized spacial score (nSPS) is 11.7. The average Bonchev–Trinajstić information content (AvgIpc) is 2.04. The summed E-state index contributed by atoms with van der Waals surface area (Å²) in [6.45, 7) is -0.444. The Labute approximate surface area is 79.9 Å². The minimum atomic E-state index is -2.97. The SMILES string of the molecule is CNCC(F)(F)c1cc(Cl)ccn1. The van der Waals surface area contributed by atoms with Gasteiger partial charge in [-0.1, -0.05) is 11.6 Å². The van der Waals surface area contributed by atoms with E-state index in [0.29, 0.717) is 0 Å². The summed E-state index contributed by atoms with van der Waals surface area (Å²) in [5, 5.41) is 2.66. The summed E-state index contributed by atoms with van der Waals surface area (Å²) in [7, 11) is 1.46. The molecule has 0 fully saturated rings. The monoisotopic (exact) mass is 206 g/mol. The zero-order valence-electron chi connectivity index (χ0n) is 7.02. The Morgan fingerprint density at radius 2 is 2.31 bits per heavy atom. The summed E-state index contributed by atoms with van der Waals surface area (Å²) in [5.74, 6) is -2.97. The Bertz CT molecular complexity index is 291. The van der Waals surface area contributed by atoms with Crippen LogP contribution in [0.25, 0.3) is 0 Å². The molecule has 1 heterocycles. The molecule has 0 unspecified atom stereocenters. The largest absolute Gasteiger partial charge is 0.314 e. The van der Waals surface area contributed by atoms with Gasteiger partial charge in [-0.05, 0) is 19.2 Å². The van der Waals surface area contributed by atoms with Crippen molar-refractivity contribution >= 4 is 11.6 Å². The second kappa shape index (κ2) is 3.98. The molecule has 13 heavy (non-hydrogen) atoms. The predicted molar refractivity (Wildman–Crippen MR) is 47.1 cm³/mol. The number of nitrogens with zero attached hydrogens (tertiary/aromatic N) is 1. The molecule has 0 amide bonds. The maximum atomic E-state index is 13.2. The van der Waals surface area contributed by atoms with Crippen LogP contribution in [0.4, 0.5) is 8.78 Å². The summed E-state index contributed by atoms with van der Waals surface area (Å²) in [6.07, 6.45) is 1.27. The van der Waals surface area contributed by atoms with Gasteiger partial charge in [-0.15, -0.1) is 0 Å². The Morgan fingerprint density at radius 3 is 2.85 bits per heavy atom. The molecule has 0 bridgehead atoms. The number of aromatic nitrogens is 1. The molecule has 0 radical (unpaired) electrons. The number of halogens is 3. The lowest BCUT2D eigenvalue weighted by molar-refractivity contribution is -0.00571. The van der Waals surface area contributed by atoms with Crippen LogP contribution in [0.15, 0.2) is 18.3 Å². The van der Waals surface area contributed by atoms with E-state index in [0.717, 1.165) is 0 Å². The second-order valence-corrected chi connectivity index (χ2v) is 3.03. The van der Waals surface area contributed by atoms with Gasteiger partial charge in [-0.3, -0.25) is 4.98 Å². The lowest BCUT2D eigenvalue weighted by Gasteiger charge is -2.14. The summed E-state index contributed by atoms with van der Waals surface area (Å²) < 4.78 is 26.3. The van der Waals surface area contributed by atoms with Gasteiger partial charge in [0.1, 0.15) is 5.69 Å². The van der Waals surface area contributed by atoms with Crippen molar-refractivity contribution in [2.45, 2.75) is 5.92 Å². The minimum absolute atomic E-state index is 0.265. The van der Waals surface area contributed by atoms with E-state index >= 15 is 0 Å². The second-order valence-electron chi connectivity index (χ2n) is 2.59. The fourth-order valence-corrected chi connectivity index (χ4v) is 1.08. The number of likely N-dealkylation sites (N-methyl/N-ethyl adjacent to an activating group) is 1. The van der Waals surface area contributed by atoms with Crippen molar-refractivity contribution in [1.82, 2.24) is 10.3 Å². The maximum absolute atomic E-state index is 13.2. The van der Waals surface area contributed by atoms with E-state index < -0.39 is 12.5 Å². The fraction of sp³-hybridized carbons (Fsp3) is 0.375. The Kier molecular flexibility index (Phi) is 3.17. The van der Waals surface area contributed by atoms with E-state index in [4.69, 9.17) is 11.6 Å². The highest BCUT2D eigenvalue weighted by molar-refractivity contribution is 6.30. The van der Waals surface area contributed by atoms with Crippen molar-refractivity contribution < 1.29 is 8.78 Å². The number of hydrogen-bond acceptors (Lipinski definition) is 2. The number of nitrogens with one attached hydrogen (secondary N) is 1. The summed E-state index contributed by atoms with van der Waals surface area (Å²) >= 11 is 5.56. The molecule has 1 rings (SSSR count). The van der Waals surface area contributed by atoms with Crippen LogP contribution in [0.1, 0.15) is 5.69 Å². The van der Waals surface area contributed by atoms with Crippen LogP contribution < -0.4 is 5.32 Å². The van der Waals surface area contributed by atoms with Gasteiger partial charge in [-0.25, -0.2) is 0 Å². The number of hydrogen-bond donors (Lipinski definition) is 1. The molecule has 1 aromatic heterocycles. The van der Waals surface area contributed by atoms with Crippen LogP contribution in [-0.4, -0.2) is 18.6 Å². The number of alkyl halides is 2. The summed E-state index contributed by atoms with van der Waals surface area (Å²) in [5.41, 5.74) is -0.311. The minimum Gasteiger partial charge on any atom is -0.314 e. The standard InChI is InChI=1S/C8H9ClF2N2/c1-12-5-8(10,11)7-4-6(9)2-3-13-7/h2-4,12H,5H2,1H3. The lowest BCUT2D eigenvalue weighted by atomic mass is 10.2. The van der Waals surface area contributed by atoms with Crippen LogP contribution in [0.2, 0.25) is 5.02 Å². The van der Waals surface area contributed by atoms with E-state index in [-0.39, 0.29) is 10.7 Å². The van der Waals surface area contributed by atoms with Gasteiger partial charge in [0.2, 0.25) is 0 Å². The molecule has 0 spiro atoms. The molecule has 1 aromatic rings. The molecule has 0 aliphatic heterocycles. The van der Waals surface area contributed by atoms with Crippen molar-refractivity contribution in [3.8, 4) is 0 Å². The van der Waals surface area contributed by atoms with Gasteiger partial charge >= 0.3 is 5.92 Å². The Balaban J connectivity index is 2.93. The van der Waals surface area contributed by atoms with Gasteiger partial charge in [-0.2, -0.15) is 8.78 Å². The third kappa shape index (κ3) is 2.60. The topological polar surface area (TPSA) is 24.9 Å². The van der Waals surface area contributed by atoms with E-state index in [2.05, 4.69) is 10.3 Å². The molecular weight excluding hydrogens is 198 g/mol. The number of rotatable bonds is 3. The van der Waals surface area contributed by atoms with E-state index in [1.807, 2.05) is 0 Å². The third-order valence-corrected chi connectivity index (χ3v) is 1.73. The fourth-order valence-electron chi connectivity index (χ4n) is 0.917. The Hall–Kier alpha value is -0.740. The molecule has 0 aromatic carbocycles. The first-order chi connectivity index (χ1) is 6.06. The molecule has 72 valence electrons. The van der Waals surface area contributed by atoms with E-state index in [9.17, 15) is 8.78 Å². The molecule has 2 nitrogen and oxygen atoms in total. The zero-order valence-corrected chi connectivity index (χ0v) is 7.78. The van der Waals surface area contributed by atoms with Gasteiger partial charge in [0.25, 0.3) is 0 Å². The molecule has 0 aliphatic rings. The van der Waals surface area contributed by atoms with Gasteiger partial charge in [0.05, 0.1) is 6.54 Å². The smallest absolute Gasteiger partial charge is 0.301 e. The number of pyridine rings is 1. The Morgan fingerprint density at radius 1 is 1.62 bits per heavy atom. The highest BCUT2D eigenvalue weighted by Crippen LogP contribution is 2.26.